The van der Waals surface area contributed by atoms with E-state index < -0.39 is 24.3 Å². The first-order valence-corrected chi connectivity index (χ1v) is 15.6. The summed E-state index contributed by atoms with van der Waals surface area (Å²) in [7, 11) is 1.46. The molecule has 2 fully saturated rings. The van der Waals surface area contributed by atoms with Gasteiger partial charge in [-0.2, -0.15) is 10.3 Å². The van der Waals surface area contributed by atoms with Crippen molar-refractivity contribution < 1.29 is 23.9 Å². The van der Waals surface area contributed by atoms with E-state index >= 15 is 0 Å². The second-order valence-electron chi connectivity index (χ2n) is 11.6. The van der Waals surface area contributed by atoms with Gasteiger partial charge in [-0.25, -0.2) is 14.6 Å². The van der Waals surface area contributed by atoms with E-state index in [1.165, 1.54) is 12.1 Å². The molecule has 0 saturated carbocycles. The van der Waals surface area contributed by atoms with Crippen LogP contribution in [0.25, 0.3) is 10.8 Å². The minimum atomic E-state index is -0.862. The maximum atomic E-state index is 14.2. The van der Waals surface area contributed by atoms with E-state index in [0.717, 1.165) is 27.5 Å². The Balaban J connectivity index is 1.24. The van der Waals surface area contributed by atoms with Gasteiger partial charge in [0.2, 0.25) is 11.8 Å². The van der Waals surface area contributed by atoms with Gasteiger partial charge in [0.1, 0.15) is 25.4 Å². The van der Waals surface area contributed by atoms with Crippen LogP contribution in [0, 0.1) is 11.3 Å². The maximum absolute atomic E-state index is 14.2. The van der Waals surface area contributed by atoms with E-state index in [0.29, 0.717) is 12.2 Å². The van der Waals surface area contributed by atoms with Gasteiger partial charge < -0.3 is 19.9 Å². The molecule has 2 aliphatic rings. The second-order valence-corrected chi connectivity index (χ2v) is 11.6. The van der Waals surface area contributed by atoms with Gasteiger partial charge in [-0.05, 0) is 39.6 Å². The fourth-order valence-corrected chi connectivity index (χ4v) is 6.33. The number of urea groups is 1. The highest BCUT2D eigenvalue weighted by Gasteiger charge is 2.52. The van der Waals surface area contributed by atoms with Crippen LogP contribution in [0.3, 0.4) is 0 Å². The molecule has 12 nitrogen and oxygen atoms in total. The van der Waals surface area contributed by atoms with Crippen LogP contribution in [0.15, 0.2) is 97.1 Å². The Kier molecular flexibility index (Phi) is 9.50. The number of anilines is 1. The third kappa shape index (κ3) is 6.77. The van der Waals surface area contributed by atoms with Crippen LogP contribution in [0.1, 0.15) is 16.7 Å². The molecule has 48 heavy (non-hydrogen) atoms. The Hall–Kier alpha value is -5.93. The number of nitrogens with one attached hydrogen (secondary N) is 2. The number of carbonyl (C=O) groups excluding carboxylic acids is 4. The number of carbonyl (C=O) groups is 4. The lowest BCUT2D eigenvalue weighted by molar-refractivity contribution is -0.157. The Morgan fingerprint density at radius 2 is 1.67 bits per heavy atom. The van der Waals surface area contributed by atoms with Crippen molar-refractivity contribution in [2.45, 2.75) is 31.8 Å². The summed E-state index contributed by atoms with van der Waals surface area (Å²) in [5, 5.41) is 19.6. The third-order valence-corrected chi connectivity index (χ3v) is 8.63. The quantitative estimate of drug-likeness (QED) is 0.262. The van der Waals surface area contributed by atoms with Crippen LogP contribution in [0.2, 0.25) is 0 Å². The number of rotatable bonds is 9. The van der Waals surface area contributed by atoms with Crippen LogP contribution in [0.4, 0.5) is 15.3 Å². The van der Waals surface area contributed by atoms with Crippen molar-refractivity contribution >= 4 is 40.4 Å². The minimum Gasteiger partial charge on any atom is -0.444 e. The Morgan fingerprint density at radius 3 is 2.42 bits per heavy atom. The average molecular weight is 646 g/mol. The lowest BCUT2D eigenvalue weighted by Gasteiger charge is -2.46. The normalized spacial score (nSPS) is 17.5. The lowest BCUT2D eigenvalue weighted by atomic mass is 9.98. The topological polar surface area (TPSA) is 138 Å². The van der Waals surface area contributed by atoms with E-state index in [1.807, 2.05) is 78.9 Å². The van der Waals surface area contributed by atoms with Gasteiger partial charge in [-0.1, -0.05) is 84.9 Å². The predicted molar refractivity (Wildman–Crippen MR) is 178 cm³/mol. The zero-order valence-corrected chi connectivity index (χ0v) is 26.4. The molecule has 5 amide bonds. The van der Waals surface area contributed by atoms with E-state index in [9.17, 15) is 24.4 Å². The van der Waals surface area contributed by atoms with E-state index in [2.05, 4.69) is 10.6 Å². The van der Waals surface area contributed by atoms with Gasteiger partial charge in [0, 0.05) is 25.7 Å². The van der Waals surface area contributed by atoms with Crippen LogP contribution in [-0.4, -0.2) is 82.6 Å². The number of amides is 5. The molecule has 4 aromatic rings. The fourth-order valence-electron chi connectivity index (χ4n) is 6.33. The number of hydrogen-bond acceptors (Lipinski definition) is 7. The summed E-state index contributed by atoms with van der Waals surface area (Å²) < 4.78 is 5.31. The molecule has 0 spiro atoms. The van der Waals surface area contributed by atoms with Gasteiger partial charge in [0.25, 0.3) is 0 Å². The van der Waals surface area contributed by atoms with Crippen LogP contribution in [0.5, 0.6) is 0 Å². The maximum Gasteiger partial charge on any atom is 0.411 e. The van der Waals surface area contributed by atoms with E-state index in [1.54, 1.807) is 39.1 Å². The fraction of sp³-hybridized carbons (Fsp3) is 0.250. The highest BCUT2D eigenvalue weighted by molar-refractivity contribution is 5.92. The second kappa shape index (κ2) is 14.2. The number of benzene rings is 4. The van der Waals surface area contributed by atoms with Gasteiger partial charge in [-0.3, -0.25) is 14.9 Å². The third-order valence-electron chi connectivity index (χ3n) is 8.63. The highest BCUT2D eigenvalue weighted by atomic mass is 16.5. The monoisotopic (exact) mass is 645 g/mol. The molecule has 244 valence electrons. The molecule has 2 atom stereocenters. The molecule has 0 radical (unpaired) electrons. The molecule has 12 heteroatoms. The molecule has 4 aromatic carbocycles. The average Bonchev–Trinajstić information content (AvgIpc) is 3.43. The van der Waals surface area contributed by atoms with Gasteiger partial charge >= 0.3 is 12.1 Å². The van der Waals surface area contributed by atoms with Crippen molar-refractivity contribution in [2.75, 3.05) is 32.0 Å². The first-order chi connectivity index (χ1) is 23.4. The van der Waals surface area contributed by atoms with Crippen LogP contribution >= 0.6 is 0 Å². The molecule has 0 aromatic heterocycles. The summed E-state index contributed by atoms with van der Waals surface area (Å²) in [5.74, 6) is -0.526. The molecular formula is C36H35N7O5. The number of hydrazine groups is 1. The zero-order valence-electron chi connectivity index (χ0n) is 26.4. The Bertz CT molecular complexity index is 1860. The summed E-state index contributed by atoms with van der Waals surface area (Å²) >= 11 is 0. The van der Waals surface area contributed by atoms with Crippen LogP contribution in [-0.2, 0) is 33.9 Å². The molecule has 6 rings (SSSR count). The standard InChI is InChI=1S/C36H35N7O5/c1-38-35(46)41(19-18-37)42-23-33(44)43-31(20-25-14-16-29(17-15-25)39-36(47)48-24-26-8-3-2-4-9-26)34(45)40(22-32(42)43)21-28-12-7-11-27-10-5-6-13-30(27)28/h2-17,31-32H,19-24H2,1H3,(H,38,46)(H,39,47)/t31-,32+/m0/s1. The molecule has 2 heterocycles. The molecular weight excluding hydrogens is 610 g/mol. The number of hydrogen-bond donors (Lipinski definition) is 2. The number of piperazine rings is 1. The summed E-state index contributed by atoms with van der Waals surface area (Å²) in [6.07, 6.45) is -1.05. The van der Waals surface area contributed by atoms with Crippen molar-refractivity contribution in [1.82, 2.24) is 25.1 Å². The zero-order chi connectivity index (χ0) is 33.6. The molecule has 2 aliphatic heterocycles. The molecule has 0 unspecified atom stereocenters. The van der Waals surface area contributed by atoms with Gasteiger partial charge in [0.05, 0.1) is 19.2 Å². The SMILES string of the molecule is CNC(=O)N(CC#N)N1CC(=O)N2[C@@H](Cc3ccc(NC(=O)OCc4ccccc4)cc3)C(=O)N(Cc3cccc4ccccc34)C[C@@H]21. The Morgan fingerprint density at radius 1 is 0.938 bits per heavy atom. The van der Waals surface area contributed by atoms with E-state index in [4.69, 9.17) is 4.74 Å². The van der Waals surface area contributed by atoms with Crippen molar-refractivity contribution in [3.05, 3.63) is 114 Å². The molecule has 2 saturated heterocycles. The molecule has 2 N–H and O–H groups in total. The first-order valence-electron chi connectivity index (χ1n) is 15.6. The van der Waals surface area contributed by atoms with Crippen molar-refractivity contribution in [3.63, 3.8) is 0 Å². The predicted octanol–water partition coefficient (Wildman–Crippen LogP) is 4.09. The first kappa shape index (κ1) is 32.0. The van der Waals surface area contributed by atoms with Gasteiger partial charge in [0.15, 0.2) is 0 Å². The highest BCUT2D eigenvalue weighted by Crippen LogP contribution is 2.31. The van der Waals surface area contributed by atoms with Crippen molar-refractivity contribution in [1.29, 1.82) is 5.26 Å². The Labute approximate surface area is 278 Å². The number of nitrogens with zero attached hydrogens (tertiary/aromatic N) is 5. The summed E-state index contributed by atoms with van der Waals surface area (Å²) in [6, 6.07) is 30.9. The summed E-state index contributed by atoms with van der Waals surface area (Å²) in [5.41, 5.74) is 3.12. The number of nitriles is 1. The number of ether oxygens (including phenoxy) is 1. The number of fused-ring (bicyclic) bond motifs is 2. The van der Waals surface area contributed by atoms with Crippen molar-refractivity contribution in [2.24, 2.45) is 0 Å². The van der Waals surface area contributed by atoms with Crippen molar-refractivity contribution in [3.8, 4) is 6.07 Å². The van der Waals surface area contributed by atoms with Gasteiger partial charge in [-0.15, -0.1) is 0 Å². The van der Waals surface area contributed by atoms with Crippen LogP contribution < -0.4 is 10.6 Å². The summed E-state index contributed by atoms with van der Waals surface area (Å²) in [4.78, 5) is 56.3. The van der Waals surface area contributed by atoms with E-state index in [-0.39, 0.29) is 44.5 Å². The minimum absolute atomic E-state index is 0.136. The largest absolute Gasteiger partial charge is 0.444 e. The molecule has 0 aliphatic carbocycles. The lowest BCUT2D eigenvalue weighted by Crippen LogP contribution is -2.66. The molecule has 0 bridgehead atoms. The smallest absolute Gasteiger partial charge is 0.411 e. The summed E-state index contributed by atoms with van der Waals surface area (Å²) in [6.45, 7) is 0.172.